The summed E-state index contributed by atoms with van der Waals surface area (Å²) in [5.41, 5.74) is 0. The molecule has 2 heterocycles. The zero-order valence-corrected chi connectivity index (χ0v) is 12.2. The first-order chi connectivity index (χ1) is 8.82. The molecular formula is C9H13ClN6O2S. The van der Waals surface area contributed by atoms with Crippen molar-refractivity contribution in [3.8, 4) is 0 Å². The first kappa shape index (κ1) is 14.0. The molecule has 19 heavy (non-hydrogen) atoms. The average molecular weight is 305 g/mol. The van der Waals surface area contributed by atoms with E-state index in [9.17, 15) is 8.42 Å². The second-order valence-electron chi connectivity index (χ2n) is 4.05. The fraction of sp³-hybridized carbons (Fsp3) is 0.444. The van der Waals surface area contributed by atoms with Crippen molar-refractivity contribution in [2.45, 2.75) is 18.5 Å². The molecule has 0 aromatic carbocycles. The summed E-state index contributed by atoms with van der Waals surface area (Å²) in [7, 11) is -0.722. The molecule has 2 rings (SSSR count). The maximum atomic E-state index is 12.3. The molecule has 0 aliphatic carbocycles. The van der Waals surface area contributed by atoms with E-state index in [-0.39, 0.29) is 16.7 Å². The minimum absolute atomic E-state index is 0.0412. The van der Waals surface area contributed by atoms with Crippen LogP contribution in [0.2, 0.25) is 5.15 Å². The number of aromatic amines is 1. The van der Waals surface area contributed by atoms with Crippen LogP contribution >= 0.6 is 11.6 Å². The van der Waals surface area contributed by atoms with Crippen LogP contribution in [0.25, 0.3) is 0 Å². The minimum atomic E-state index is -3.76. The third kappa shape index (κ3) is 2.62. The molecule has 10 heteroatoms. The van der Waals surface area contributed by atoms with Crippen molar-refractivity contribution in [2.75, 3.05) is 7.05 Å². The Morgan fingerprint density at radius 1 is 1.53 bits per heavy atom. The van der Waals surface area contributed by atoms with Gasteiger partial charge >= 0.3 is 0 Å². The maximum absolute atomic E-state index is 12.3. The number of imidazole rings is 1. The summed E-state index contributed by atoms with van der Waals surface area (Å²) in [6.07, 6.45) is 1.35. The number of aryl methyl sites for hydroxylation is 2. The van der Waals surface area contributed by atoms with Crippen molar-refractivity contribution < 1.29 is 8.42 Å². The number of sulfonamides is 1. The molecular weight excluding hydrogens is 292 g/mol. The number of rotatable bonds is 4. The molecule has 0 bridgehead atoms. The van der Waals surface area contributed by atoms with E-state index in [2.05, 4.69) is 20.2 Å². The van der Waals surface area contributed by atoms with Gasteiger partial charge < -0.3 is 4.57 Å². The lowest BCUT2D eigenvalue weighted by Gasteiger charge is -2.13. The Balaban J connectivity index is 2.27. The Morgan fingerprint density at radius 3 is 2.68 bits per heavy atom. The third-order valence-electron chi connectivity index (χ3n) is 2.50. The van der Waals surface area contributed by atoms with Gasteiger partial charge in [-0.2, -0.15) is 9.40 Å². The summed E-state index contributed by atoms with van der Waals surface area (Å²) < 4.78 is 27.1. The Kier molecular flexibility index (Phi) is 3.61. The number of hydrogen-bond donors (Lipinski definition) is 1. The first-order valence-electron chi connectivity index (χ1n) is 5.33. The van der Waals surface area contributed by atoms with E-state index >= 15 is 0 Å². The Morgan fingerprint density at radius 2 is 2.21 bits per heavy atom. The molecule has 0 aliphatic rings. The van der Waals surface area contributed by atoms with E-state index in [0.717, 1.165) is 4.31 Å². The Bertz CT molecular complexity index is 691. The highest BCUT2D eigenvalue weighted by atomic mass is 35.5. The van der Waals surface area contributed by atoms with Gasteiger partial charge in [0, 0.05) is 14.1 Å². The Hall–Kier alpha value is -1.45. The molecule has 0 atom stereocenters. The minimum Gasteiger partial charge on any atom is -0.324 e. The molecule has 2 aromatic heterocycles. The van der Waals surface area contributed by atoms with E-state index in [1.165, 1.54) is 17.9 Å². The quantitative estimate of drug-likeness (QED) is 0.877. The molecule has 0 unspecified atom stereocenters. The van der Waals surface area contributed by atoms with Crippen LogP contribution < -0.4 is 0 Å². The van der Waals surface area contributed by atoms with Crippen molar-refractivity contribution in [1.82, 2.24) is 29.0 Å². The molecule has 0 spiro atoms. The van der Waals surface area contributed by atoms with Crippen LogP contribution in [0.5, 0.6) is 0 Å². The summed E-state index contributed by atoms with van der Waals surface area (Å²) in [6, 6.07) is 0. The molecule has 0 amide bonds. The summed E-state index contributed by atoms with van der Waals surface area (Å²) in [6.45, 7) is 1.78. The number of nitrogens with one attached hydrogen (secondary N) is 1. The summed E-state index contributed by atoms with van der Waals surface area (Å²) >= 11 is 5.90. The number of H-pyrrole nitrogens is 1. The van der Waals surface area contributed by atoms with Gasteiger partial charge in [-0.3, -0.25) is 5.10 Å². The van der Waals surface area contributed by atoms with Crippen molar-refractivity contribution in [3.63, 3.8) is 0 Å². The zero-order chi connectivity index (χ0) is 14.2. The molecule has 2 aromatic rings. The molecule has 0 saturated carbocycles. The summed E-state index contributed by atoms with van der Waals surface area (Å²) in [5.74, 6) is 1.01. The highest BCUT2D eigenvalue weighted by Crippen LogP contribution is 2.22. The van der Waals surface area contributed by atoms with Crippen LogP contribution in [0.1, 0.15) is 11.6 Å². The van der Waals surface area contributed by atoms with Gasteiger partial charge in [-0.05, 0) is 6.92 Å². The third-order valence-corrected chi connectivity index (χ3v) is 4.79. The monoisotopic (exact) mass is 304 g/mol. The van der Waals surface area contributed by atoms with Gasteiger partial charge in [0.1, 0.15) is 11.0 Å². The SMILES string of the molecule is Cc1nc(CN(C)S(=O)(=O)c2ncn(C)c2Cl)n[nH]1. The lowest BCUT2D eigenvalue weighted by Crippen LogP contribution is -2.27. The van der Waals surface area contributed by atoms with Crippen LogP contribution in [0.15, 0.2) is 11.4 Å². The standard InChI is InChI=1S/C9H13ClN6O2S/c1-6-12-7(14-13-6)4-16(3)19(17,18)9-8(10)15(2)5-11-9/h5H,4H2,1-3H3,(H,12,13,14). The van der Waals surface area contributed by atoms with Crippen molar-refractivity contribution in [1.29, 1.82) is 0 Å². The van der Waals surface area contributed by atoms with Gasteiger partial charge in [-0.25, -0.2) is 18.4 Å². The average Bonchev–Trinajstić information content (AvgIpc) is 2.87. The van der Waals surface area contributed by atoms with E-state index in [1.807, 2.05) is 0 Å². The molecule has 0 saturated heterocycles. The fourth-order valence-corrected chi connectivity index (χ4v) is 2.96. The van der Waals surface area contributed by atoms with Gasteiger partial charge in [0.25, 0.3) is 10.0 Å². The lowest BCUT2D eigenvalue weighted by molar-refractivity contribution is 0.455. The van der Waals surface area contributed by atoms with Crippen molar-refractivity contribution >= 4 is 21.6 Å². The zero-order valence-electron chi connectivity index (χ0n) is 10.6. The van der Waals surface area contributed by atoms with Crippen LogP contribution in [0.4, 0.5) is 0 Å². The van der Waals surface area contributed by atoms with Crippen LogP contribution in [-0.4, -0.2) is 44.5 Å². The van der Waals surface area contributed by atoms with E-state index in [0.29, 0.717) is 11.6 Å². The number of aromatic nitrogens is 5. The predicted molar refractivity (Wildman–Crippen MR) is 68.0 cm³/mol. The molecule has 0 fully saturated rings. The lowest BCUT2D eigenvalue weighted by atomic mass is 10.6. The first-order valence-corrected chi connectivity index (χ1v) is 7.15. The predicted octanol–water partition coefficient (Wildman–Crippen LogP) is 0.321. The molecule has 8 nitrogen and oxygen atoms in total. The van der Waals surface area contributed by atoms with Crippen LogP contribution in [0.3, 0.4) is 0 Å². The second-order valence-corrected chi connectivity index (χ2v) is 6.37. The van der Waals surface area contributed by atoms with E-state index in [1.54, 1.807) is 14.0 Å². The number of halogens is 1. The summed E-state index contributed by atoms with van der Waals surface area (Å²) in [5, 5.41) is 6.44. The highest BCUT2D eigenvalue weighted by Gasteiger charge is 2.28. The Labute approximate surface area is 115 Å². The van der Waals surface area contributed by atoms with Crippen LogP contribution in [-0.2, 0) is 23.6 Å². The van der Waals surface area contributed by atoms with Crippen molar-refractivity contribution in [3.05, 3.63) is 23.1 Å². The fourth-order valence-electron chi connectivity index (χ4n) is 1.46. The van der Waals surface area contributed by atoms with Gasteiger partial charge in [0.05, 0.1) is 12.9 Å². The number of hydrogen-bond acceptors (Lipinski definition) is 5. The van der Waals surface area contributed by atoms with Crippen molar-refractivity contribution in [2.24, 2.45) is 7.05 Å². The molecule has 0 aliphatic heterocycles. The van der Waals surface area contributed by atoms with Gasteiger partial charge in [0.15, 0.2) is 5.82 Å². The summed E-state index contributed by atoms with van der Waals surface area (Å²) in [4.78, 5) is 7.86. The van der Waals surface area contributed by atoms with Crippen LogP contribution in [0, 0.1) is 6.92 Å². The molecule has 1 N–H and O–H groups in total. The smallest absolute Gasteiger partial charge is 0.263 e. The van der Waals surface area contributed by atoms with E-state index in [4.69, 9.17) is 11.6 Å². The van der Waals surface area contributed by atoms with Gasteiger partial charge in [-0.15, -0.1) is 0 Å². The van der Waals surface area contributed by atoms with Gasteiger partial charge in [-0.1, -0.05) is 11.6 Å². The van der Waals surface area contributed by atoms with Gasteiger partial charge in [0.2, 0.25) is 5.03 Å². The second kappa shape index (κ2) is 4.91. The maximum Gasteiger partial charge on any atom is 0.263 e. The highest BCUT2D eigenvalue weighted by molar-refractivity contribution is 7.89. The normalized spacial score (nSPS) is 12.3. The largest absolute Gasteiger partial charge is 0.324 e. The topological polar surface area (TPSA) is 96.8 Å². The number of nitrogens with zero attached hydrogens (tertiary/aromatic N) is 5. The molecule has 104 valence electrons. The van der Waals surface area contributed by atoms with E-state index < -0.39 is 10.0 Å². The molecule has 0 radical (unpaired) electrons.